The van der Waals surface area contributed by atoms with Crippen LogP contribution in [0.3, 0.4) is 0 Å². The van der Waals surface area contributed by atoms with Gasteiger partial charge in [0.1, 0.15) is 11.6 Å². The number of imide groups is 1. The second-order valence-corrected chi connectivity index (χ2v) is 7.88. The molecule has 2 aromatic carbocycles. The Morgan fingerprint density at radius 3 is 2.26 bits per heavy atom. The number of carbonyl (C=O) groups is 3. The van der Waals surface area contributed by atoms with E-state index in [9.17, 15) is 18.8 Å². The molecule has 166 valence electrons. The molecule has 2 rings (SSSR count). The molecular weight excluding hydrogens is 470 g/mol. The van der Waals surface area contributed by atoms with Gasteiger partial charge in [0.05, 0.1) is 27.2 Å². The van der Waals surface area contributed by atoms with E-state index in [0.29, 0.717) is 13.0 Å². The number of benzene rings is 2. The first-order valence-electron chi connectivity index (χ1n) is 9.36. The summed E-state index contributed by atoms with van der Waals surface area (Å²) in [6.45, 7) is 1.93. The molecule has 2 aromatic rings. The molecule has 0 unspecified atom stereocenters. The predicted molar refractivity (Wildman–Crippen MR) is 119 cm³/mol. The number of hydrogen-bond donors (Lipinski definition) is 2. The Labute approximate surface area is 194 Å². The van der Waals surface area contributed by atoms with E-state index >= 15 is 0 Å². The Kier molecular flexibility index (Phi) is 9.55. The lowest BCUT2D eigenvalue weighted by Crippen LogP contribution is -2.34. The minimum Gasteiger partial charge on any atom is -0.490 e. The van der Waals surface area contributed by atoms with Gasteiger partial charge in [-0.1, -0.05) is 34.8 Å². The largest absolute Gasteiger partial charge is 0.490 e. The van der Waals surface area contributed by atoms with Crippen molar-refractivity contribution in [3.8, 4) is 5.75 Å². The highest BCUT2D eigenvalue weighted by molar-refractivity contribution is 6.37. The number of ether oxygens (including phenoxy) is 1. The maximum absolute atomic E-state index is 13.1. The van der Waals surface area contributed by atoms with Gasteiger partial charge in [-0.2, -0.15) is 0 Å². The molecule has 31 heavy (non-hydrogen) atoms. The van der Waals surface area contributed by atoms with Crippen LogP contribution in [-0.4, -0.2) is 24.3 Å². The molecule has 2 N–H and O–H groups in total. The molecule has 3 amide bonds. The van der Waals surface area contributed by atoms with Crippen molar-refractivity contribution < 1.29 is 23.5 Å². The highest BCUT2D eigenvalue weighted by Crippen LogP contribution is 2.36. The van der Waals surface area contributed by atoms with Crippen LogP contribution in [0.15, 0.2) is 30.3 Å². The average molecular weight is 490 g/mol. The number of rotatable bonds is 9. The number of Topliss-reactive ketones (excluding diaryl/α,β-unsaturated/α-hetero) is 1. The summed E-state index contributed by atoms with van der Waals surface area (Å²) in [6, 6.07) is 5.19. The molecule has 0 heterocycles. The second kappa shape index (κ2) is 11.9. The van der Waals surface area contributed by atoms with Crippen LogP contribution in [0.25, 0.3) is 0 Å². The number of nitrogens with one attached hydrogen (secondary N) is 2. The lowest BCUT2D eigenvalue weighted by atomic mass is 10.1. The number of halogens is 4. The first-order valence-corrected chi connectivity index (χ1v) is 10.5. The highest BCUT2D eigenvalue weighted by Gasteiger charge is 2.16. The number of ketones is 1. The van der Waals surface area contributed by atoms with E-state index in [1.54, 1.807) is 6.92 Å². The molecule has 6 nitrogen and oxygen atoms in total. The molecule has 0 aromatic heterocycles. The fourth-order valence-electron chi connectivity index (χ4n) is 2.60. The third-order valence-corrected chi connectivity index (χ3v) is 4.95. The molecule has 0 bridgehead atoms. The summed E-state index contributed by atoms with van der Waals surface area (Å²) in [5, 5.41) is 4.75. The van der Waals surface area contributed by atoms with E-state index in [2.05, 4.69) is 10.6 Å². The quantitative estimate of drug-likeness (QED) is 0.406. The van der Waals surface area contributed by atoms with Crippen molar-refractivity contribution in [3.63, 3.8) is 0 Å². The molecule has 0 aliphatic rings. The van der Waals surface area contributed by atoms with E-state index in [4.69, 9.17) is 39.5 Å². The topological polar surface area (TPSA) is 84.5 Å². The summed E-state index contributed by atoms with van der Waals surface area (Å²) in [5.41, 5.74) is 0.181. The predicted octanol–water partition coefficient (Wildman–Crippen LogP) is 6.28. The van der Waals surface area contributed by atoms with Gasteiger partial charge < -0.3 is 14.8 Å². The van der Waals surface area contributed by atoms with Crippen LogP contribution in [0.4, 0.5) is 14.9 Å². The molecule has 10 heteroatoms. The number of anilines is 1. The fourth-order valence-corrected chi connectivity index (χ4v) is 3.45. The van der Waals surface area contributed by atoms with Crippen LogP contribution < -0.4 is 15.4 Å². The van der Waals surface area contributed by atoms with E-state index < -0.39 is 17.8 Å². The maximum Gasteiger partial charge on any atom is 0.326 e. The van der Waals surface area contributed by atoms with Crippen molar-refractivity contribution in [1.29, 1.82) is 0 Å². The average Bonchev–Trinajstić information content (AvgIpc) is 2.65. The number of urea groups is 1. The molecule has 0 aliphatic heterocycles. The Morgan fingerprint density at radius 1 is 0.968 bits per heavy atom. The van der Waals surface area contributed by atoms with Gasteiger partial charge in [0.2, 0.25) is 0 Å². The van der Waals surface area contributed by atoms with Crippen molar-refractivity contribution in [2.24, 2.45) is 0 Å². The standard InChI is InChI=1S/C21H20Cl3FN2O4/c1-12(28)5-3-2-4-8-31-19-17(23)10-14(11-18(19)24)26-21(30)27-20(29)15-7-6-13(25)9-16(15)22/h6-7,9-11H,2-5,8H2,1H3,(H2,26,27,29,30). The fraction of sp³-hybridized carbons (Fsp3) is 0.286. The summed E-state index contributed by atoms with van der Waals surface area (Å²) < 4.78 is 18.7. The molecule has 0 aliphatic carbocycles. The zero-order valence-electron chi connectivity index (χ0n) is 16.6. The van der Waals surface area contributed by atoms with Crippen LogP contribution in [0, 0.1) is 5.82 Å². The van der Waals surface area contributed by atoms with Gasteiger partial charge in [-0.3, -0.25) is 10.1 Å². The minimum absolute atomic E-state index is 0.0543. The zero-order valence-corrected chi connectivity index (χ0v) is 18.8. The third kappa shape index (κ3) is 8.01. The smallest absolute Gasteiger partial charge is 0.326 e. The molecule has 0 atom stereocenters. The summed E-state index contributed by atoms with van der Waals surface area (Å²) in [4.78, 5) is 35.1. The van der Waals surface area contributed by atoms with Gasteiger partial charge in [-0.25, -0.2) is 9.18 Å². The van der Waals surface area contributed by atoms with Gasteiger partial charge in [-0.15, -0.1) is 0 Å². The molecule has 0 saturated heterocycles. The van der Waals surface area contributed by atoms with Crippen molar-refractivity contribution in [1.82, 2.24) is 5.32 Å². The summed E-state index contributed by atoms with van der Waals surface area (Å²) in [6.07, 6.45) is 2.90. The van der Waals surface area contributed by atoms with E-state index in [-0.39, 0.29) is 37.9 Å². The van der Waals surface area contributed by atoms with Crippen LogP contribution in [0.2, 0.25) is 15.1 Å². The maximum atomic E-state index is 13.1. The van der Waals surface area contributed by atoms with Crippen LogP contribution in [-0.2, 0) is 4.79 Å². The Balaban J connectivity index is 1.91. The molecule has 0 radical (unpaired) electrons. The van der Waals surface area contributed by atoms with Gasteiger partial charge in [0.25, 0.3) is 5.91 Å². The Morgan fingerprint density at radius 2 is 1.65 bits per heavy atom. The summed E-state index contributed by atoms with van der Waals surface area (Å²) in [7, 11) is 0. The van der Waals surface area contributed by atoms with Gasteiger partial charge in [0, 0.05) is 12.1 Å². The Hall–Kier alpha value is -2.35. The summed E-state index contributed by atoms with van der Waals surface area (Å²) in [5.74, 6) is -0.977. The van der Waals surface area contributed by atoms with Crippen LogP contribution in [0.1, 0.15) is 43.0 Å². The number of carbonyl (C=O) groups excluding carboxylic acids is 3. The van der Waals surface area contributed by atoms with Crippen LogP contribution in [0.5, 0.6) is 5.75 Å². The lowest BCUT2D eigenvalue weighted by Gasteiger charge is -2.13. The number of hydrogen-bond acceptors (Lipinski definition) is 4. The molecular formula is C21H20Cl3FN2O4. The van der Waals surface area contributed by atoms with E-state index in [1.165, 1.54) is 18.2 Å². The summed E-state index contributed by atoms with van der Waals surface area (Å²) >= 11 is 18.2. The third-order valence-electron chi connectivity index (χ3n) is 4.08. The molecule has 0 saturated carbocycles. The lowest BCUT2D eigenvalue weighted by molar-refractivity contribution is -0.117. The van der Waals surface area contributed by atoms with Gasteiger partial charge in [0.15, 0.2) is 5.75 Å². The Bertz CT molecular complexity index is 962. The monoisotopic (exact) mass is 488 g/mol. The number of unbranched alkanes of at least 4 members (excludes halogenated alkanes) is 2. The van der Waals surface area contributed by atoms with Crippen molar-refractivity contribution in [3.05, 3.63) is 56.8 Å². The molecule has 0 spiro atoms. The first-order chi connectivity index (χ1) is 14.7. The molecule has 0 fully saturated rings. The van der Waals surface area contributed by atoms with Crippen molar-refractivity contribution in [2.75, 3.05) is 11.9 Å². The van der Waals surface area contributed by atoms with Crippen molar-refractivity contribution >= 4 is 58.2 Å². The van der Waals surface area contributed by atoms with Gasteiger partial charge in [-0.05, 0) is 56.5 Å². The van der Waals surface area contributed by atoms with E-state index in [0.717, 1.165) is 31.4 Å². The number of amides is 3. The first kappa shape index (κ1) is 24.9. The van der Waals surface area contributed by atoms with Crippen molar-refractivity contribution in [2.45, 2.75) is 32.6 Å². The van der Waals surface area contributed by atoms with Gasteiger partial charge >= 0.3 is 6.03 Å². The SMILES string of the molecule is CC(=O)CCCCCOc1c(Cl)cc(NC(=O)NC(=O)c2ccc(F)cc2Cl)cc1Cl. The van der Waals surface area contributed by atoms with Crippen LogP contribution >= 0.6 is 34.8 Å². The minimum atomic E-state index is -0.850. The second-order valence-electron chi connectivity index (χ2n) is 6.66. The highest BCUT2D eigenvalue weighted by atomic mass is 35.5. The van der Waals surface area contributed by atoms with E-state index in [1.807, 2.05) is 0 Å². The normalized spacial score (nSPS) is 10.5. The zero-order chi connectivity index (χ0) is 23.0.